The average Bonchev–Trinajstić information content (AvgIpc) is 2.35. The molecule has 98 valence electrons. The molecule has 1 unspecified atom stereocenters. The smallest absolute Gasteiger partial charge is 0.0641 e. The van der Waals surface area contributed by atoms with Gasteiger partial charge in [-0.1, -0.05) is 42.5 Å². The van der Waals surface area contributed by atoms with Gasteiger partial charge in [-0.3, -0.25) is 0 Å². The Kier molecular flexibility index (Phi) is 4.56. The van der Waals surface area contributed by atoms with Gasteiger partial charge in [0.15, 0.2) is 0 Å². The molecule has 1 aliphatic heterocycles. The molecule has 0 spiro atoms. The summed E-state index contributed by atoms with van der Waals surface area (Å²) in [5.41, 5.74) is 1.28. The number of ether oxygens (including phenoxy) is 1. The maximum absolute atomic E-state index is 5.71. The van der Waals surface area contributed by atoms with Crippen molar-refractivity contribution >= 4 is 6.08 Å². The molecular weight excluding hydrogens is 222 g/mol. The van der Waals surface area contributed by atoms with Crippen LogP contribution in [0.15, 0.2) is 36.4 Å². The Bertz CT molecular complexity index is 383. The van der Waals surface area contributed by atoms with Gasteiger partial charge >= 0.3 is 0 Å². The maximum atomic E-state index is 5.71. The van der Waals surface area contributed by atoms with E-state index in [1.807, 2.05) is 6.07 Å². The van der Waals surface area contributed by atoms with Crippen LogP contribution in [-0.4, -0.2) is 24.8 Å². The molecule has 0 aliphatic carbocycles. The maximum Gasteiger partial charge on any atom is 0.0641 e. The second-order valence-electron chi connectivity index (χ2n) is 5.52. The Labute approximate surface area is 110 Å². The van der Waals surface area contributed by atoms with E-state index in [0.29, 0.717) is 6.04 Å². The zero-order chi connectivity index (χ0) is 12.8. The van der Waals surface area contributed by atoms with E-state index in [1.165, 1.54) is 5.56 Å². The van der Waals surface area contributed by atoms with Gasteiger partial charge in [-0.2, -0.15) is 0 Å². The molecular formula is C16H23NO. The Morgan fingerprint density at radius 2 is 2.11 bits per heavy atom. The molecule has 0 amide bonds. The largest absolute Gasteiger partial charge is 0.375 e. The minimum absolute atomic E-state index is 0.0268. The molecule has 0 saturated carbocycles. The number of rotatable bonds is 4. The van der Waals surface area contributed by atoms with E-state index < -0.39 is 0 Å². The van der Waals surface area contributed by atoms with E-state index in [9.17, 15) is 0 Å². The summed E-state index contributed by atoms with van der Waals surface area (Å²) >= 11 is 0. The van der Waals surface area contributed by atoms with Gasteiger partial charge in [-0.25, -0.2) is 0 Å². The van der Waals surface area contributed by atoms with Gasteiger partial charge in [0, 0.05) is 19.2 Å². The molecule has 0 radical (unpaired) electrons. The second-order valence-corrected chi connectivity index (χ2v) is 5.52. The Balaban J connectivity index is 1.74. The molecule has 2 nitrogen and oxygen atoms in total. The van der Waals surface area contributed by atoms with Crippen LogP contribution in [-0.2, 0) is 4.74 Å². The lowest BCUT2D eigenvalue weighted by Crippen LogP contribution is -2.43. The first-order chi connectivity index (χ1) is 8.66. The third kappa shape index (κ3) is 4.28. The fourth-order valence-electron chi connectivity index (χ4n) is 2.40. The van der Waals surface area contributed by atoms with Gasteiger partial charge in [-0.15, -0.1) is 0 Å². The van der Waals surface area contributed by atoms with Crippen molar-refractivity contribution in [3.8, 4) is 0 Å². The normalized spacial score (nSPS) is 23.3. The number of hydrogen-bond donors (Lipinski definition) is 1. The van der Waals surface area contributed by atoms with E-state index in [0.717, 1.165) is 26.0 Å². The van der Waals surface area contributed by atoms with Crippen molar-refractivity contribution in [1.82, 2.24) is 5.32 Å². The van der Waals surface area contributed by atoms with Gasteiger partial charge in [-0.05, 0) is 32.3 Å². The van der Waals surface area contributed by atoms with Crippen LogP contribution in [0.25, 0.3) is 6.08 Å². The topological polar surface area (TPSA) is 21.3 Å². The van der Waals surface area contributed by atoms with Gasteiger partial charge in [0.1, 0.15) is 0 Å². The highest BCUT2D eigenvalue weighted by Gasteiger charge is 2.27. The Morgan fingerprint density at radius 3 is 2.83 bits per heavy atom. The van der Waals surface area contributed by atoms with E-state index in [2.05, 4.69) is 55.6 Å². The van der Waals surface area contributed by atoms with Crippen molar-refractivity contribution in [2.45, 2.75) is 38.3 Å². The fraction of sp³-hybridized carbons (Fsp3) is 0.500. The molecule has 1 saturated heterocycles. The lowest BCUT2D eigenvalue weighted by atomic mass is 9.94. The van der Waals surface area contributed by atoms with Gasteiger partial charge in [0.25, 0.3) is 0 Å². The summed E-state index contributed by atoms with van der Waals surface area (Å²) in [7, 11) is 0. The molecule has 1 aliphatic rings. The van der Waals surface area contributed by atoms with Crippen LogP contribution in [0.3, 0.4) is 0 Å². The van der Waals surface area contributed by atoms with Crippen molar-refractivity contribution < 1.29 is 4.74 Å². The summed E-state index contributed by atoms with van der Waals surface area (Å²) < 4.78 is 5.71. The molecule has 1 N–H and O–H groups in total. The Hall–Kier alpha value is -1.12. The molecule has 0 bridgehead atoms. The minimum Gasteiger partial charge on any atom is -0.375 e. The van der Waals surface area contributed by atoms with Gasteiger partial charge in [0.2, 0.25) is 0 Å². The van der Waals surface area contributed by atoms with Crippen LogP contribution >= 0.6 is 0 Å². The first kappa shape index (κ1) is 13.3. The standard InChI is InChI=1S/C16H23NO/c1-16(2)13-15(10-12-18-16)17-11-6-9-14-7-4-3-5-8-14/h3-9,15,17H,10-13H2,1-2H3/b9-6+. The van der Waals surface area contributed by atoms with Crippen molar-refractivity contribution in [3.05, 3.63) is 42.0 Å². The van der Waals surface area contributed by atoms with Crippen molar-refractivity contribution in [2.24, 2.45) is 0 Å². The van der Waals surface area contributed by atoms with Crippen LogP contribution in [0, 0.1) is 0 Å². The van der Waals surface area contributed by atoms with Crippen LogP contribution in [0.4, 0.5) is 0 Å². The van der Waals surface area contributed by atoms with Crippen molar-refractivity contribution in [3.63, 3.8) is 0 Å². The van der Waals surface area contributed by atoms with E-state index in [1.54, 1.807) is 0 Å². The summed E-state index contributed by atoms with van der Waals surface area (Å²) in [6.45, 7) is 6.13. The number of nitrogens with one attached hydrogen (secondary N) is 1. The zero-order valence-corrected chi connectivity index (χ0v) is 11.4. The molecule has 2 rings (SSSR count). The van der Waals surface area contributed by atoms with Crippen LogP contribution in [0.2, 0.25) is 0 Å². The molecule has 0 aromatic heterocycles. The average molecular weight is 245 g/mol. The SMILES string of the molecule is CC1(C)CC(NC/C=C/c2ccccc2)CCO1. The third-order valence-corrected chi connectivity index (χ3v) is 3.33. The zero-order valence-electron chi connectivity index (χ0n) is 11.4. The molecule has 1 aromatic rings. The third-order valence-electron chi connectivity index (χ3n) is 3.33. The molecule has 1 fully saturated rings. The van der Waals surface area contributed by atoms with Crippen LogP contribution in [0.5, 0.6) is 0 Å². The molecule has 1 aromatic carbocycles. The first-order valence-electron chi connectivity index (χ1n) is 6.75. The second kappa shape index (κ2) is 6.17. The quantitative estimate of drug-likeness (QED) is 0.879. The predicted molar refractivity (Wildman–Crippen MR) is 76.5 cm³/mol. The highest BCUT2D eigenvalue weighted by Crippen LogP contribution is 2.23. The lowest BCUT2D eigenvalue weighted by Gasteiger charge is -2.35. The van der Waals surface area contributed by atoms with Crippen molar-refractivity contribution in [2.75, 3.05) is 13.2 Å². The number of benzene rings is 1. The predicted octanol–water partition coefficient (Wildman–Crippen LogP) is 3.25. The molecule has 2 heteroatoms. The summed E-state index contributed by atoms with van der Waals surface area (Å²) in [6.07, 6.45) is 6.56. The molecule has 1 atom stereocenters. The van der Waals surface area contributed by atoms with E-state index in [-0.39, 0.29) is 5.60 Å². The lowest BCUT2D eigenvalue weighted by molar-refractivity contribution is -0.0623. The van der Waals surface area contributed by atoms with Crippen LogP contribution in [0.1, 0.15) is 32.3 Å². The van der Waals surface area contributed by atoms with E-state index in [4.69, 9.17) is 4.74 Å². The van der Waals surface area contributed by atoms with Gasteiger partial charge in [0.05, 0.1) is 5.60 Å². The highest BCUT2D eigenvalue weighted by atomic mass is 16.5. The fourth-order valence-corrected chi connectivity index (χ4v) is 2.40. The number of hydrogen-bond acceptors (Lipinski definition) is 2. The van der Waals surface area contributed by atoms with Crippen LogP contribution < -0.4 is 5.32 Å². The summed E-state index contributed by atoms with van der Waals surface area (Å²) in [6, 6.07) is 11.0. The Morgan fingerprint density at radius 1 is 1.33 bits per heavy atom. The van der Waals surface area contributed by atoms with Crippen molar-refractivity contribution in [1.29, 1.82) is 0 Å². The summed E-state index contributed by atoms with van der Waals surface area (Å²) in [5, 5.41) is 3.58. The minimum atomic E-state index is 0.0268. The highest BCUT2D eigenvalue weighted by molar-refractivity contribution is 5.48. The van der Waals surface area contributed by atoms with E-state index >= 15 is 0 Å². The summed E-state index contributed by atoms with van der Waals surface area (Å²) in [5.74, 6) is 0. The molecule has 18 heavy (non-hydrogen) atoms. The molecule has 1 heterocycles. The first-order valence-corrected chi connectivity index (χ1v) is 6.75. The summed E-state index contributed by atoms with van der Waals surface area (Å²) in [4.78, 5) is 0. The monoisotopic (exact) mass is 245 g/mol. The van der Waals surface area contributed by atoms with Gasteiger partial charge < -0.3 is 10.1 Å².